The Bertz CT molecular complexity index is 1430. The van der Waals surface area contributed by atoms with Gasteiger partial charge < -0.3 is 15.3 Å². The molecule has 0 spiro atoms. The van der Waals surface area contributed by atoms with E-state index in [1.165, 1.54) is 16.7 Å². The number of nitrogens with zero attached hydrogens (tertiary/aromatic N) is 3. The zero-order valence-electron chi connectivity index (χ0n) is 20.8. The Labute approximate surface area is 214 Å². The van der Waals surface area contributed by atoms with E-state index in [2.05, 4.69) is 15.2 Å². The van der Waals surface area contributed by atoms with E-state index in [0.717, 1.165) is 23.2 Å². The number of halogens is 1. The van der Waals surface area contributed by atoms with Crippen LogP contribution in [0.2, 0.25) is 0 Å². The van der Waals surface area contributed by atoms with Gasteiger partial charge in [0.05, 0.1) is 6.54 Å². The maximum atomic E-state index is 13.3. The summed E-state index contributed by atoms with van der Waals surface area (Å²) in [5.41, 5.74) is 2.53. The van der Waals surface area contributed by atoms with Gasteiger partial charge in [-0.1, -0.05) is 66.7 Å². The van der Waals surface area contributed by atoms with Crippen molar-refractivity contribution in [3.05, 3.63) is 129 Å². The largest absolute Gasteiger partial charge is 0.501 e. The molecule has 1 amide bonds. The zero-order valence-corrected chi connectivity index (χ0v) is 20.8. The topological polar surface area (TPSA) is 87.5 Å². The fraction of sp³-hybridized carbons (Fsp3) is 0.207. The lowest BCUT2D eigenvalue weighted by Crippen LogP contribution is -2.32. The van der Waals surface area contributed by atoms with E-state index in [4.69, 9.17) is 0 Å². The summed E-state index contributed by atoms with van der Waals surface area (Å²) < 4.78 is 14.6. The van der Waals surface area contributed by atoms with Crippen LogP contribution in [0, 0.1) is 5.82 Å². The molecule has 0 aliphatic carbocycles. The monoisotopic (exact) mass is 500 g/mol. The lowest BCUT2D eigenvalue weighted by Gasteiger charge is -2.16. The first kappa shape index (κ1) is 25.8. The Morgan fingerprint density at radius 1 is 0.946 bits per heavy atom. The maximum absolute atomic E-state index is 13.3. The summed E-state index contributed by atoms with van der Waals surface area (Å²) in [5.74, 6) is -1.42. The molecule has 0 saturated carbocycles. The van der Waals surface area contributed by atoms with Crippen LogP contribution in [-0.4, -0.2) is 39.6 Å². The summed E-state index contributed by atoms with van der Waals surface area (Å²) in [4.78, 5) is 32.8. The third-order valence-electron chi connectivity index (χ3n) is 5.84. The number of carbonyl (C=O) groups is 1. The van der Waals surface area contributed by atoms with E-state index >= 15 is 0 Å². The predicted octanol–water partition coefficient (Wildman–Crippen LogP) is 3.72. The molecule has 190 valence electrons. The van der Waals surface area contributed by atoms with Crippen LogP contribution in [-0.2, 0) is 26.1 Å². The molecule has 0 aliphatic rings. The highest BCUT2D eigenvalue weighted by atomic mass is 19.1. The van der Waals surface area contributed by atoms with Crippen LogP contribution in [0.3, 0.4) is 0 Å². The van der Waals surface area contributed by atoms with Gasteiger partial charge in [0.15, 0.2) is 5.69 Å². The molecule has 8 heteroatoms. The molecule has 0 unspecified atom stereocenters. The highest BCUT2D eigenvalue weighted by molar-refractivity contribution is 5.94. The fourth-order valence-electron chi connectivity index (χ4n) is 4.07. The number of rotatable bonds is 9. The second-order valence-corrected chi connectivity index (χ2v) is 9.15. The SMILES string of the molecule is CN(C)Cc1cccc(Cn2c(Cc3ccccc3)nc(C(=O)NCc3ccc(F)cc3)c(O)c2=O)c1. The molecule has 3 aromatic carbocycles. The molecule has 1 aromatic heterocycles. The van der Waals surface area contributed by atoms with E-state index in [0.29, 0.717) is 17.8 Å². The van der Waals surface area contributed by atoms with Gasteiger partial charge in [-0.15, -0.1) is 0 Å². The van der Waals surface area contributed by atoms with Crippen LogP contribution in [0.5, 0.6) is 5.75 Å². The third kappa shape index (κ3) is 6.68. The van der Waals surface area contributed by atoms with Crippen molar-refractivity contribution in [3.8, 4) is 5.75 Å². The molecule has 0 fully saturated rings. The number of hydrogen-bond donors (Lipinski definition) is 2. The summed E-state index contributed by atoms with van der Waals surface area (Å²) in [6, 6.07) is 23.1. The van der Waals surface area contributed by atoms with E-state index in [-0.39, 0.29) is 24.6 Å². The molecule has 4 aromatic rings. The van der Waals surface area contributed by atoms with Crippen molar-refractivity contribution in [2.45, 2.75) is 26.1 Å². The first-order chi connectivity index (χ1) is 17.8. The summed E-state index contributed by atoms with van der Waals surface area (Å²) >= 11 is 0. The fourth-order valence-corrected chi connectivity index (χ4v) is 4.07. The van der Waals surface area contributed by atoms with Crippen molar-refractivity contribution in [2.75, 3.05) is 14.1 Å². The number of benzene rings is 3. The van der Waals surface area contributed by atoms with Crippen LogP contribution >= 0.6 is 0 Å². The maximum Gasteiger partial charge on any atom is 0.296 e. The number of carbonyl (C=O) groups excluding carboxylic acids is 1. The quantitative estimate of drug-likeness (QED) is 0.366. The average Bonchev–Trinajstić information content (AvgIpc) is 2.88. The van der Waals surface area contributed by atoms with E-state index in [1.807, 2.05) is 68.7 Å². The highest BCUT2D eigenvalue weighted by Gasteiger charge is 2.22. The smallest absolute Gasteiger partial charge is 0.296 e. The first-order valence-electron chi connectivity index (χ1n) is 11.9. The van der Waals surface area contributed by atoms with Gasteiger partial charge in [-0.3, -0.25) is 14.2 Å². The zero-order chi connectivity index (χ0) is 26.4. The normalized spacial score (nSPS) is 11.0. The average molecular weight is 501 g/mol. The first-order valence-corrected chi connectivity index (χ1v) is 11.9. The molecule has 0 bridgehead atoms. The molecule has 0 radical (unpaired) electrons. The van der Waals surface area contributed by atoms with Crippen molar-refractivity contribution in [3.63, 3.8) is 0 Å². The van der Waals surface area contributed by atoms with Crippen molar-refractivity contribution in [2.24, 2.45) is 0 Å². The van der Waals surface area contributed by atoms with Crippen LogP contribution in [0.1, 0.15) is 38.6 Å². The summed E-state index contributed by atoms with van der Waals surface area (Å²) in [5, 5.41) is 13.4. The van der Waals surface area contributed by atoms with Gasteiger partial charge in [-0.2, -0.15) is 0 Å². The second kappa shape index (κ2) is 11.6. The lowest BCUT2D eigenvalue weighted by molar-refractivity contribution is 0.0941. The van der Waals surface area contributed by atoms with E-state index in [9.17, 15) is 19.1 Å². The van der Waals surface area contributed by atoms with Crippen molar-refractivity contribution in [1.82, 2.24) is 19.8 Å². The highest BCUT2D eigenvalue weighted by Crippen LogP contribution is 2.16. The number of amides is 1. The number of nitrogens with one attached hydrogen (secondary N) is 1. The molecule has 1 heterocycles. The van der Waals surface area contributed by atoms with Crippen LogP contribution in [0.25, 0.3) is 0 Å². The van der Waals surface area contributed by atoms with E-state index in [1.54, 1.807) is 12.1 Å². The van der Waals surface area contributed by atoms with Gasteiger partial charge >= 0.3 is 0 Å². The number of aromatic nitrogens is 2. The molecule has 2 N–H and O–H groups in total. The standard InChI is InChI=1S/C29H29FN4O3/c1-33(2)18-22-9-6-10-23(15-22)19-34-25(16-20-7-4-3-5-8-20)32-26(27(35)29(34)37)28(36)31-17-21-11-13-24(30)14-12-21/h3-15,35H,16-19H2,1-2H3,(H,31,36). The molecule has 0 atom stereocenters. The van der Waals surface area contributed by atoms with Crippen molar-refractivity contribution in [1.29, 1.82) is 0 Å². The molecule has 7 nitrogen and oxygen atoms in total. The predicted molar refractivity (Wildman–Crippen MR) is 140 cm³/mol. The molecule has 4 rings (SSSR count). The van der Waals surface area contributed by atoms with Gasteiger partial charge in [0.25, 0.3) is 11.5 Å². The van der Waals surface area contributed by atoms with Gasteiger partial charge in [0.1, 0.15) is 11.6 Å². The van der Waals surface area contributed by atoms with Crippen molar-refractivity contribution >= 4 is 5.91 Å². The summed E-state index contributed by atoms with van der Waals surface area (Å²) in [6.07, 6.45) is 0.298. The minimum atomic E-state index is -0.710. The number of hydrogen-bond acceptors (Lipinski definition) is 5. The Hall–Kier alpha value is -4.30. The van der Waals surface area contributed by atoms with E-state index < -0.39 is 17.2 Å². The minimum absolute atomic E-state index is 0.0933. The summed E-state index contributed by atoms with van der Waals surface area (Å²) in [7, 11) is 3.97. The van der Waals surface area contributed by atoms with Gasteiger partial charge in [-0.25, -0.2) is 9.37 Å². The molecular formula is C29H29FN4O3. The molecule has 0 saturated heterocycles. The van der Waals surface area contributed by atoms with Crippen LogP contribution in [0.15, 0.2) is 83.7 Å². The summed E-state index contributed by atoms with van der Waals surface area (Å²) in [6.45, 7) is 1.03. The Kier molecular flexibility index (Phi) is 8.10. The Morgan fingerprint density at radius 2 is 1.62 bits per heavy atom. The van der Waals surface area contributed by atoms with Gasteiger partial charge in [-0.05, 0) is 48.5 Å². The Balaban J connectivity index is 1.67. The number of aromatic hydroxyl groups is 1. The molecule has 37 heavy (non-hydrogen) atoms. The van der Waals surface area contributed by atoms with Crippen LogP contribution in [0.4, 0.5) is 4.39 Å². The lowest BCUT2D eigenvalue weighted by atomic mass is 10.1. The second-order valence-electron chi connectivity index (χ2n) is 9.15. The van der Waals surface area contributed by atoms with Crippen molar-refractivity contribution < 1.29 is 14.3 Å². The third-order valence-corrected chi connectivity index (χ3v) is 5.84. The Morgan fingerprint density at radius 3 is 2.32 bits per heavy atom. The van der Waals surface area contributed by atoms with Gasteiger partial charge in [0.2, 0.25) is 5.75 Å². The van der Waals surface area contributed by atoms with Gasteiger partial charge in [0, 0.05) is 19.5 Å². The molecule has 0 aliphatic heterocycles. The molecular weight excluding hydrogens is 471 g/mol. The van der Waals surface area contributed by atoms with Crippen LogP contribution < -0.4 is 10.9 Å². The minimum Gasteiger partial charge on any atom is -0.501 e.